The first-order chi connectivity index (χ1) is 7.73. The standard InChI is InChI=1S/C14H28N2/c1-3-13-6-9-16(10-7-13)14(11-15)8-4-5-12(14)2/h12-13H,3-11,15H2,1-2H3. The number of piperidine rings is 1. The summed E-state index contributed by atoms with van der Waals surface area (Å²) in [5.41, 5.74) is 6.48. The lowest BCUT2D eigenvalue weighted by atomic mass is 9.83. The lowest BCUT2D eigenvalue weighted by Crippen LogP contribution is -2.57. The topological polar surface area (TPSA) is 29.3 Å². The van der Waals surface area contributed by atoms with E-state index in [1.54, 1.807) is 0 Å². The van der Waals surface area contributed by atoms with Crippen LogP contribution in [-0.4, -0.2) is 30.1 Å². The molecule has 1 aliphatic carbocycles. The molecule has 2 heteroatoms. The van der Waals surface area contributed by atoms with Gasteiger partial charge in [-0.3, -0.25) is 4.90 Å². The summed E-state index contributed by atoms with van der Waals surface area (Å²) in [6.07, 6.45) is 8.24. The van der Waals surface area contributed by atoms with E-state index in [0.717, 1.165) is 18.4 Å². The molecule has 2 rings (SSSR count). The van der Waals surface area contributed by atoms with Crippen LogP contribution in [0.25, 0.3) is 0 Å². The molecule has 0 amide bonds. The molecular formula is C14H28N2. The van der Waals surface area contributed by atoms with Crippen LogP contribution in [0.5, 0.6) is 0 Å². The summed E-state index contributed by atoms with van der Waals surface area (Å²) < 4.78 is 0. The SMILES string of the molecule is CCC1CCN(C2(CN)CCCC2C)CC1. The van der Waals surface area contributed by atoms with Crippen molar-refractivity contribution >= 4 is 0 Å². The van der Waals surface area contributed by atoms with Crippen molar-refractivity contribution in [1.29, 1.82) is 0 Å². The highest BCUT2D eigenvalue weighted by atomic mass is 15.2. The van der Waals surface area contributed by atoms with E-state index >= 15 is 0 Å². The Morgan fingerprint density at radius 2 is 1.94 bits per heavy atom. The maximum atomic E-state index is 6.12. The Hall–Kier alpha value is -0.0800. The van der Waals surface area contributed by atoms with Gasteiger partial charge in [0.1, 0.15) is 0 Å². The Labute approximate surface area is 101 Å². The fourth-order valence-electron chi connectivity index (χ4n) is 3.92. The van der Waals surface area contributed by atoms with Crippen LogP contribution in [0.1, 0.15) is 52.4 Å². The quantitative estimate of drug-likeness (QED) is 0.798. The molecule has 0 aromatic heterocycles. The molecular weight excluding hydrogens is 196 g/mol. The third-order valence-corrected chi connectivity index (χ3v) is 5.34. The van der Waals surface area contributed by atoms with Gasteiger partial charge in [-0.05, 0) is 50.6 Å². The molecule has 2 atom stereocenters. The normalized spacial score (nSPS) is 38.1. The van der Waals surface area contributed by atoms with Gasteiger partial charge in [0.25, 0.3) is 0 Å². The number of rotatable bonds is 3. The van der Waals surface area contributed by atoms with Crippen LogP contribution in [0.3, 0.4) is 0 Å². The summed E-state index contributed by atoms with van der Waals surface area (Å²) in [6.45, 7) is 8.19. The minimum Gasteiger partial charge on any atom is -0.329 e. The van der Waals surface area contributed by atoms with Crippen molar-refractivity contribution in [1.82, 2.24) is 4.90 Å². The van der Waals surface area contributed by atoms with E-state index in [-0.39, 0.29) is 0 Å². The zero-order valence-electron chi connectivity index (χ0n) is 11.0. The van der Waals surface area contributed by atoms with E-state index in [4.69, 9.17) is 5.73 Å². The third kappa shape index (κ3) is 2.02. The van der Waals surface area contributed by atoms with Crippen LogP contribution in [0, 0.1) is 11.8 Å². The summed E-state index contributed by atoms with van der Waals surface area (Å²) >= 11 is 0. The average molecular weight is 224 g/mol. The molecule has 1 heterocycles. The first kappa shape index (κ1) is 12.4. The van der Waals surface area contributed by atoms with Crippen molar-refractivity contribution in [2.24, 2.45) is 17.6 Å². The van der Waals surface area contributed by atoms with Crippen LogP contribution < -0.4 is 5.73 Å². The van der Waals surface area contributed by atoms with Gasteiger partial charge in [0.05, 0.1) is 0 Å². The van der Waals surface area contributed by atoms with E-state index in [9.17, 15) is 0 Å². The predicted octanol–water partition coefficient (Wildman–Crippen LogP) is 2.63. The van der Waals surface area contributed by atoms with Crippen molar-refractivity contribution in [2.75, 3.05) is 19.6 Å². The molecule has 1 saturated carbocycles. The number of hydrogen-bond donors (Lipinski definition) is 1. The van der Waals surface area contributed by atoms with Crippen molar-refractivity contribution in [2.45, 2.75) is 57.9 Å². The Morgan fingerprint density at radius 1 is 1.25 bits per heavy atom. The Morgan fingerprint density at radius 3 is 2.38 bits per heavy atom. The van der Waals surface area contributed by atoms with E-state index < -0.39 is 0 Å². The van der Waals surface area contributed by atoms with E-state index in [2.05, 4.69) is 18.7 Å². The fraction of sp³-hybridized carbons (Fsp3) is 1.00. The molecule has 94 valence electrons. The van der Waals surface area contributed by atoms with Crippen LogP contribution in [-0.2, 0) is 0 Å². The summed E-state index contributed by atoms with van der Waals surface area (Å²) in [7, 11) is 0. The molecule has 1 saturated heterocycles. The number of nitrogens with zero attached hydrogens (tertiary/aromatic N) is 1. The zero-order valence-corrected chi connectivity index (χ0v) is 11.0. The van der Waals surface area contributed by atoms with Crippen LogP contribution >= 0.6 is 0 Å². The zero-order chi connectivity index (χ0) is 11.6. The molecule has 0 aromatic rings. The van der Waals surface area contributed by atoms with Gasteiger partial charge >= 0.3 is 0 Å². The lowest BCUT2D eigenvalue weighted by molar-refractivity contribution is 0.0308. The van der Waals surface area contributed by atoms with Gasteiger partial charge in [-0.25, -0.2) is 0 Å². The summed E-state index contributed by atoms with van der Waals surface area (Å²) in [6, 6.07) is 0. The Kier molecular flexibility index (Phi) is 3.91. The monoisotopic (exact) mass is 224 g/mol. The highest BCUT2D eigenvalue weighted by molar-refractivity contribution is 5.01. The smallest absolute Gasteiger partial charge is 0.0357 e. The second kappa shape index (κ2) is 5.05. The Bertz CT molecular complexity index is 221. The lowest BCUT2D eigenvalue weighted by Gasteiger charge is -2.47. The molecule has 0 bridgehead atoms. The van der Waals surface area contributed by atoms with E-state index in [1.165, 1.54) is 51.6 Å². The summed E-state index contributed by atoms with van der Waals surface area (Å²) in [5, 5.41) is 0. The van der Waals surface area contributed by atoms with E-state index in [0.29, 0.717) is 5.54 Å². The molecule has 0 radical (unpaired) electrons. The maximum Gasteiger partial charge on any atom is 0.0357 e. The minimum atomic E-state index is 0.360. The third-order valence-electron chi connectivity index (χ3n) is 5.34. The largest absolute Gasteiger partial charge is 0.329 e. The molecule has 2 unspecified atom stereocenters. The molecule has 2 N–H and O–H groups in total. The van der Waals surface area contributed by atoms with Gasteiger partial charge in [0.2, 0.25) is 0 Å². The summed E-state index contributed by atoms with van der Waals surface area (Å²) in [4.78, 5) is 2.73. The second-order valence-electron chi connectivity index (χ2n) is 5.94. The van der Waals surface area contributed by atoms with Crippen molar-refractivity contribution in [3.63, 3.8) is 0 Å². The van der Waals surface area contributed by atoms with Crippen LogP contribution in [0.4, 0.5) is 0 Å². The second-order valence-corrected chi connectivity index (χ2v) is 5.94. The molecule has 0 aromatic carbocycles. The molecule has 16 heavy (non-hydrogen) atoms. The van der Waals surface area contributed by atoms with Crippen molar-refractivity contribution in [3.8, 4) is 0 Å². The van der Waals surface area contributed by atoms with Crippen LogP contribution in [0.15, 0.2) is 0 Å². The van der Waals surface area contributed by atoms with Gasteiger partial charge in [-0.15, -0.1) is 0 Å². The Balaban J connectivity index is 2.00. The predicted molar refractivity (Wildman–Crippen MR) is 69.4 cm³/mol. The van der Waals surface area contributed by atoms with Crippen molar-refractivity contribution in [3.05, 3.63) is 0 Å². The van der Waals surface area contributed by atoms with Gasteiger partial charge in [-0.1, -0.05) is 26.7 Å². The van der Waals surface area contributed by atoms with E-state index in [1.807, 2.05) is 0 Å². The maximum absolute atomic E-state index is 6.12. The first-order valence-corrected chi connectivity index (χ1v) is 7.18. The molecule has 0 spiro atoms. The van der Waals surface area contributed by atoms with Gasteiger partial charge < -0.3 is 5.73 Å². The molecule has 2 fully saturated rings. The average Bonchev–Trinajstić information content (AvgIpc) is 2.72. The highest BCUT2D eigenvalue weighted by Crippen LogP contribution is 2.41. The molecule has 1 aliphatic heterocycles. The minimum absolute atomic E-state index is 0.360. The first-order valence-electron chi connectivity index (χ1n) is 7.18. The number of nitrogens with two attached hydrogens (primary N) is 1. The highest BCUT2D eigenvalue weighted by Gasteiger charge is 2.44. The van der Waals surface area contributed by atoms with Gasteiger partial charge in [0, 0.05) is 12.1 Å². The van der Waals surface area contributed by atoms with Gasteiger partial charge in [-0.2, -0.15) is 0 Å². The molecule has 2 aliphatic rings. The van der Waals surface area contributed by atoms with Gasteiger partial charge in [0.15, 0.2) is 0 Å². The fourth-order valence-corrected chi connectivity index (χ4v) is 3.92. The summed E-state index contributed by atoms with van der Waals surface area (Å²) in [5.74, 6) is 1.78. The number of likely N-dealkylation sites (tertiary alicyclic amines) is 1. The molecule has 2 nitrogen and oxygen atoms in total. The number of hydrogen-bond acceptors (Lipinski definition) is 2. The van der Waals surface area contributed by atoms with Crippen molar-refractivity contribution < 1.29 is 0 Å². The van der Waals surface area contributed by atoms with Crippen LogP contribution in [0.2, 0.25) is 0 Å².